The molecule has 1 fully saturated rings. The fraction of sp³-hybridized carbons (Fsp3) is 0.464. The molecule has 0 radical (unpaired) electrons. The molecule has 2 atom stereocenters. The van der Waals surface area contributed by atoms with Gasteiger partial charge in [0.1, 0.15) is 18.5 Å². The number of nitrogens with one attached hydrogen (secondary N) is 1. The minimum Gasteiger partial charge on any atom is -0.490 e. The molecular formula is C28H30F4N2O2. The summed E-state index contributed by atoms with van der Waals surface area (Å²) in [4.78, 5) is 14.3. The van der Waals surface area contributed by atoms with Crippen molar-refractivity contribution in [2.45, 2.75) is 63.2 Å². The first-order valence-electron chi connectivity index (χ1n) is 12.7. The van der Waals surface area contributed by atoms with Crippen LogP contribution in [0.15, 0.2) is 65.4 Å². The number of rotatable bonds is 3. The van der Waals surface area contributed by atoms with E-state index < -0.39 is 29.6 Å². The minimum absolute atomic E-state index is 0.149. The molecule has 2 unspecified atom stereocenters. The van der Waals surface area contributed by atoms with Gasteiger partial charge >= 0.3 is 12.2 Å². The van der Waals surface area contributed by atoms with Crippen molar-refractivity contribution in [1.82, 2.24) is 5.32 Å². The molecular weight excluding hydrogens is 472 g/mol. The maximum absolute atomic E-state index is 14.4. The maximum Gasteiger partial charge on any atom is 0.418 e. The predicted molar refractivity (Wildman–Crippen MR) is 131 cm³/mol. The van der Waals surface area contributed by atoms with Gasteiger partial charge in [-0.25, -0.2) is 9.18 Å². The first-order valence-corrected chi connectivity index (χ1v) is 12.7. The van der Waals surface area contributed by atoms with E-state index in [0.29, 0.717) is 17.4 Å². The smallest absolute Gasteiger partial charge is 0.418 e. The number of fused-ring (bicyclic) bond motifs is 1. The van der Waals surface area contributed by atoms with Crippen LogP contribution in [-0.4, -0.2) is 31.5 Å². The van der Waals surface area contributed by atoms with E-state index in [-0.39, 0.29) is 25.5 Å². The molecule has 36 heavy (non-hydrogen) atoms. The molecule has 1 aromatic rings. The number of hydrogen-bond acceptors (Lipinski definition) is 2. The molecule has 4 nitrogen and oxygen atoms in total. The van der Waals surface area contributed by atoms with Crippen LogP contribution in [0.3, 0.4) is 0 Å². The van der Waals surface area contributed by atoms with E-state index in [1.165, 1.54) is 42.6 Å². The van der Waals surface area contributed by atoms with Gasteiger partial charge in [-0.2, -0.15) is 13.2 Å². The molecule has 1 N–H and O–H groups in total. The fourth-order valence-electron chi connectivity index (χ4n) is 5.56. The topological polar surface area (TPSA) is 41.6 Å². The number of carbonyl (C=O) groups excluding carboxylic acids is 1. The average Bonchev–Trinajstić information content (AvgIpc) is 2.89. The molecule has 0 bridgehead atoms. The third-order valence-electron chi connectivity index (χ3n) is 7.50. The third-order valence-corrected chi connectivity index (χ3v) is 7.50. The quantitative estimate of drug-likeness (QED) is 0.442. The number of anilines is 1. The third kappa shape index (κ3) is 5.08. The van der Waals surface area contributed by atoms with Crippen LogP contribution >= 0.6 is 0 Å². The largest absolute Gasteiger partial charge is 0.490 e. The molecule has 0 saturated heterocycles. The molecule has 0 aromatic heterocycles. The van der Waals surface area contributed by atoms with Crippen LogP contribution in [0.25, 0.3) is 0 Å². The molecule has 1 heterocycles. The summed E-state index contributed by atoms with van der Waals surface area (Å²) in [6, 6.07) is 4.76. The molecule has 8 heteroatoms. The van der Waals surface area contributed by atoms with Crippen molar-refractivity contribution in [2.24, 2.45) is 5.92 Å². The first-order chi connectivity index (χ1) is 17.3. The Kier molecular flexibility index (Phi) is 6.95. The second-order valence-corrected chi connectivity index (χ2v) is 9.83. The maximum atomic E-state index is 14.4. The van der Waals surface area contributed by atoms with Gasteiger partial charge in [0.05, 0.1) is 23.5 Å². The number of amides is 2. The highest BCUT2D eigenvalue weighted by Gasteiger charge is 2.39. The van der Waals surface area contributed by atoms with Gasteiger partial charge in [-0.05, 0) is 48.4 Å². The summed E-state index contributed by atoms with van der Waals surface area (Å²) in [5.74, 6) is 1.34. The van der Waals surface area contributed by atoms with Crippen LogP contribution in [0.5, 0.6) is 5.75 Å². The molecule has 5 rings (SSSR count). The lowest BCUT2D eigenvalue weighted by Gasteiger charge is -2.32. The van der Waals surface area contributed by atoms with Crippen LogP contribution in [0.4, 0.5) is 28.0 Å². The van der Waals surface area contributed by atoms with E-state index >= 15 is 0 Å². The highest BCUT2D eigenvalue weighted by Crippen LogP contribution is 2.40. The lowest BCUT2D eigenvalue weighted by atomic mass is 9.79. The number of benzene rings is 1. The monoisotopic (exact) mass is 502 g/mol. The predicted octanol–water partition coefficient (Wildman–Crippen LogP) is 7.26. The number of carbonyl (C=O) groups is 1. The number of allylic oxidation sites excluding steroid dienone is 8. The van der Waals surface area contributed by atoms with Gasteiger partial charge in [-0.15, -0.1) is 0 Å². The van der Waals surface area contributed by atoms with E-state index in [9.17, 15) is 22.4 Å². The molecule has 1 aromatic carbocycles. The number of urea groups is 1. The summed E-state index contributed by atoms with van der Waals surface area (Å²) < 4.78 is 60.3. The highest BCUT2D eigenvalue weighted by atomic mass is 19.4. The zero-order chi connectivity index (χ0) is 25.3. The van der Waals surface area contributed by atoms with Crippen LogP contribution in [0.2, 0.25) is 0 Å². The van der Waals surface area contributed by atoms with Gasteiger partial charge in [-0.1, -0.05) is 55.7 Å². The Morgan fingerprint density at radius 2 is 1.89 bits per heavy atom. The number of alkyl halides is 4. The standard InChI is InChI=1S/C28H30F4N2O2/c29-23-8-4-7-22(28(30,31)32)26(23)33-27(35)34-15-16-36-25-17-21(13-14-24(25)34)20-11-9-19(10-12-20)18-5-2-1-3-6-18/h4,7,9-11,13-14,17-18,20,23H,1-3,5-6,8,12,15-16H2,(H,33,35). The van der Waals surface area contributed by atoms with Crippen LogP contribution in [0.1, 0.15) is 56.4 Å². The van der Waals surface area contributed by atoms with Crippen LogP contribution in [0, 0.1) is 5.92 Å². The van der Waals surface area contributed by atoms with Gasteiger partial charge in [0.2, 0.25) is 0 Å². The Labute approximate surface area is 208 Å². The van der Waals surface area contributed by atoms with Gasteiger partial charge in [0.15, 0.2) is 0 Å². The van der Waals surface area contributed by atoms with Gasteiger partial charge in [-0.3, -0.25) is 4.90 Å². The Balaban J connectivity index is 1.31. The van der Waals surface area contributed by atoms with Crippen LogP contribution < -0.4 is 15.0 Å². The summed E-state index contributed by atoms with van der Waals surface area (Å²) in [5, 5.41) is 2.20. The van der Waals surface area contributed by atoms with Gasteiger partial charge in [0, 0.05) is 12.3 Å². The molecule has 1 aliphatic heterocycles. The molecule has 3 aliphatic carbocycles. The fourth-order valence-corrected chi connectivity index (χ4v) is 5.56. The Bertz CT molecular complexity index is 1130. The first kappa shape index (κ1) is 24.7. The van der Waals surface area contributed by atoms with Crippen molar-refractivity contribution in [3.63, 3.8) is 0 Å². The lowest BCUT2D eigenvalue weighted by molar-refractivity contribution is -0.0901. The molecule has 192 valence electrons. The Hall–Kier alpha value is -3.03. The zero-order valence-corrected chi connectivity index (χ0v) is 20.0. The van der Waals surface area contributed by atoms with E-state index in [2.05, 4.69) is 23.5 Å². The van der Waals surface area contributed by atoms with Crippen molar-refractivity contribution < 1.29 is 27.1 Å². The lowest BCUT2D eigenvalue weighted by Crippen LogP contribution is -2.46. The van der Waals surface area contributed by atoms with E-state index in [1.807, 2.05) is 12.1 Å². The van der Waals surface area contributed by atoms with Crippen molar-refractivity contribution in [3.05, 3.63) is 71.0 Å². The van der Waals surface area contributed by atoms with E-state index in [0.717, 1.165) is 24.1 Å². The summed E-state index contributed by atoms with van der Waals surface area (Å²) in [7, 11) is 0. The van der Waals surface area contributed by atoms with E-state index in [4.69, 9.17) is 4.74 Å². The molecule has 1 saturated carbocycles. The van der Waals surface area contributed by atoms with Gasteiger partial charge < -0.3 is 10.1 Å². The van der Waals surface area contributed by atoms with Gasteiger partial charge in [0.25, 0.3) is 0 Å². The van der Waals surface area contributed by atoms with Crippen molar-refractivity contribution in [2.75, 3.05) is 18.1 Å². The summed E-state index contributed by atoms with van der Waals surface area (Å²) in [5.41, 5.74) is 1.03. The second-order valence-electron chi connectivity index (χ2n) is 9.83. The van der Waals surface area contributed by atoms with Crippen LogP contribution in [-0.2, 0) is 0 Å². The number of ether oxygens (including phenoxy) is 1. The summed E-state index contributed by atoms with van der Waals surface area (Å²) >= 11 is 0. The number of nitrogens with zero attached hydrogens (tertiary/aromatic N) is 1. The zero-order valence-electron chi connectivity index (χ0n) is 20.0. The molecule has 2 amide bonds. The number of hydrogen-bond donors (Lipinski definition) is 1. The Morgan fingerprint density at radius 3 is 2.61 bits per heavy atom. The minimum atomic E-state index is -4.76. The average molecular weight is 503 g/mol. The second kappa shape index (κ2) is 10.1. The SMILES string of the molecule is O=C(NC1=C(C(F)(F)F)C=CCC1F)N1CCOc2cc(C3C=CC(C4CCCCC4)=CC3)ccc21. The molecule has 0 spiro atoms. The van der Waals surface area contributed by atoms with Crippen molar-refractivity contribution >= 4 is 11.7 Å². The summed E-state index contributed by atoms with van der Waals surface area (Å²) in [6.45, 7) is 0.344. The highest BCUT2D eigenvalue weighted by molar-refractivity contribution is 5.95. The number of halogens is 4. The molecule has 4 aliphatic rings. The summed E-state index contributed by atoms with van der Waals surface area (Å²) in [6.07, 6.45) is 9.15. The van der Waals surface area contributed by atoms with Crippen molar-refractivity contribution in [1.29, 1.82) is 0 Å². The van der Waals surface area contributed by atoms with Crippen molar-refractivity contribution in [3.8, 4) is 5.75 Å². The van der Waals surface area contributed by atoms with E-state index in [1.54, 1.807) is 6.07 Å². The Morgan fingerprint density at radius 1 is 1.08 bits per heavy atom. The normalized spacial score (nSPS) is 24.8.